The van der Waals surface area contributed by atoms with Crippen LogP contribution in [-0.4, -0.2) is 49.7 Å². The van der Waals surface area contributed by atoms with Crippen LogP contribution in [-0.2, 0) is 14.0 Å². The molecular formula is C18H35F2NO5Si. The van der Waals surface area contributed by atoms with Gasteiger partial charge in [-0.15, -0.1) is 0 Å². The van der Waals surface area contributed by atoms with Gasteiger partial charge in [-0.25, -0.2) is 18.4 Å². The average Bonchev–Trinajstić information content (AvgIpc) is 2.42. The van der Waals surface area contributed by atoms with Crippen molar-refractivity contribution in [2.24, 2.45) is 0 Å². The number of carbonyl (C=O) groups excluding carboxylic acids is 1. The Balaban J connectivity index is 5.87. The molecule has 0 aliphatic carbocycles. The van der Waals surface area contributed by atoms with Crippen molar-refractivity contribution in [1.82, 2.24) is 5.32 Å². The van der Waals surface area contributed by atoms with Gasteiger partial charge in [-0.05, 0) is 37.4 Å². The van der Waals surface area contributed by atoms with Crippen molar-refractivity contribution in [1.29, 1.82) is 0 Å². The van der Waals surface area contributed by atoms with Crippen LogP contribution in [0.25, 0.3) is 0 Å². The van der Waals surface area contributed by atoms with Crippen LogP contribution in [0.2, 0.25) is 16.6 Å². The van der Waals surface area contributed by atoms with Gasteiger partial charge in [-0.1, -0.05) is 41.5 Å². The maximum absolute atomic E-state index is 13.7. The molecule has 0 heterocycles. The molecule has 2 atom stereocenters. The van der Waals surface area contributed by atoms with Gasteiger partial charge in [-0.2, -0.15) is 0 Å². The second-order valence-electron chi connectivity index (χ2n) is 8.70. The number of nitrogens with one attached hydrogen (secondary N) is 1. The van der Waals surface area contributed by atoms with E-state index in [0.29, 0.717) is 0 Å². The summed E-state index contributed by atoms with van der Waals surface area (Å²) in [6, 6.07) is -2.01. The lowest BCUT2D eigenvalue weighted by atomic mass is 10.1. The smallest absolute Gasteiger partial charge is 0.408 e. The fourth-order valence-electron chi connectivity index (χ4n) is 3.62. The topological polar surface area (TPSA) is 84.9 Å². The number of alkyl halides is 2. The normalized spacial score (nSPS) is 15.4. The number of carboxylic acid groups (broad SMARTS) is 1. The molecule has 0 radical (unpaired) electrons. The molecule has 160 valence electrons. The van der Waals surface area contributed by atoms with E-state index >= 15 is 0 Å². The third-order valence-corrected chi connectivity index (χ3v) is 10.6. The summed E-state index contributed by atoms with van der Waals surface area (Å²) >= 11 is 0. The van der Waals surface area contributed by atoms with Crippen LogP contribution >= 0.6 is 0 Å². The largest absolute Gasteiger partial charge is 0.479 e. The molecule has 0 saturated carbocycles. The average molecular weight is 412 g/mol. The molecule has 1 amide bonds. The Kier molecular flexibility index (Phi) is 9.37. The van der Waals surface area contributed by atoms with Crippen molar-refractivity contribution in [2.75, 3.05) is 0 Å². The molecule has 0 saturated heterocycles. The number of ether oxygens (including phenoxy) is 1. The molecule has 0 aromatic heterocycles. The van der Waals surface area contributed by atoms with Gasteiger partial charge in [-0.3, -0.25) is 0 Å². The Labute approximate surface area is 162 Å². The Hall–Kier alpha value is -1.22. The van der Waals surface area contributed by atoms with Crippen molar-refractivity contribution in [3.05, 3.63) is 0 Å². The molecule has 0 aromatic rings. The molecule has 0 fully saturated rings. The minimum absolute atomic E-state index is 0.000742. The third-order valence-electron chi connectivity index (χ3n) is 4.56. The van der Waals surface area contributed by atoms with Crippen LogP contribution in [0.4, 0.5) is 13.6 Å². The zero-order valence-corrected chi connectivity index (χ0v) is 18.8. The van der Waals surface area contributed by atoms with E-state index in [1.54, 1.807) is 20.8 Å². The summed E-state index contributed by atoms with van der Waals surface area (Å²) in [7, 11) is -2.77. The Bertz CT molecular complexity index is 485. The number of carbonyl (C=O) groups is 2. The van der Waals surface area contributed by atoms with E-state index in [1.165, 1.54) is 0 Å². The Morgan fingerprint density at radius 1 is 0.963 bits per heavy atom. The quantitative estimate of drug-likeness (QED) is 0.533. The standard InChI is InChI=1S/C18H35F2NO5Si/c1-10(2)27(11(3)4,12(5)6)26-14(16(22)23)13(15(19)20)21-17(24)25-18(7,8)9/h10-15H,1-9H3,(H,21,24)(H,22,23)/t13-,14-/m1/s1. The first-order chi connectivity index (χ1) is 12.1. The van der Waals surface area contributed by atoms with Crippen molar-refractivity contribution in [3.63, 3.8) is 0 Å². The Morgan fingerprint density at radius 2 is 1.37 bits per heavy atom. The van der Waals surface area contributed by atoms with Crippen molar-refractivity contribution in [2.45, 2.75) is 103 Å². The van der Waals surface area contributed by atoms with Crippen LogP contribution in [0.5, 0.6) is 0 Å². The fraction of sp³-hybridized carbons (Fsp3) is 0.889. The van der Waals surface area contributed by atoms with E-state index in [9.17, 15) is 23.5 Å². The monoisotopic (exact) mass is 411 g/mol. The molecule has 9 heteroatoms. The summed E-state index contributed by atoms with van der Waals surface area (Å²) in [5.41, 5.74) is -0.902. The molecule has 0 aliphatic rings. The van der Waals surface area contributed by atoms with E-state index < -0.39 is 44.6 Å². The minimum Gasteiger partial charge on any atom is -0.479 e. The first-order valence-corrected chi connectivity index (χ1v) is 11.4. The number of halogens is 2. The summed E-state index contributed by atoms with van der Waals surface area (Å²) in [5.74, 6) is -1.53. The van der Waals surface area contributed by atoms with Crippen LogP contribution in [0, 0.1) is 0 Å². The fourth-order valence-corrected chi connectivity index (χ4v) is 9.12. The van der Waals surface area contributed by atoms with Crippen molar-refractivity contribution in [3.8, 4) is 0 Å². The van der Waals surface area contributed by atoms with Crippen molar-refractivity contribution < 1.29 is 32.6 Å². The van der Waals surface area contributed by atoms with E-state index in [2.05, 4.69) is 0 Å². The van der Waals surface area contributed by atoms with Crippen LogP contribution in [0.15, 0.2) is 0 Å². The van der Waals surface area contributed by atoms with Gasteiger partial charge in [0.1, 0.15) is 11.6 Å². The van der Waals surface area contributed by atoms with Crippen molar-refractivity contribution >= 4 is 20.4 Å². The highest BCUT2D eigenvalue weighted by Crippen LogP contribution is 2.43. The molecule has 0 rings (SSSR count). The number of carboxylic acids is 1. The lowest BCUT2D eigenvalue weighted by Crippen LogP contribution is -2.59. The molecule has 0 bridgehead atoms. The predicted octanol–water partition coefficient (Wildman–Crippen LogP) is 4.79. The summed E-state index contributed by atoms with van der Waals surface area (Å²) in [4.78, 5) is 23.8. The number of hydrogen-bond acceptors (Lipinski definition) is 4. The molecule has 0 aromatic carbocycles. The second kappa shape index (κ2) is 9.82. The molecule has 2 N–H and O–H groups in total. The molecular weight excluding hydrogens is 376 g/mol. The number of amides is 1. The zero-order valence-electron chi connectivity index (χ0n) is 17.8. The number of aliphatic carboxylic acids is 1. The molecule has 0 spiro atoms. The summed E-state index contributed by atoms with van der Waals surface area (Å²) in [6.45, 7) is 16.3. The number of rotatable bonds is 9. The first-order valence-electron chi connectivity index (χ1n) is 9.24. The summed E-state index contributed by atoms with van der Waals surface area (Å²) in [6.07, 6.45) is -6.10. The second-order valence-corrected chi connectivity index (χ2v) is 14.1. The highest BCUT2D eigenvalue weighted by atomic mass is 28.4. The van der Waals surface area contributed by atoms with Gasteiger partial charge in [0.2, 0.25) is 8.32 Å². The third kappa shape index (κ3) is 7.02. The van der Waals surface area contributed by atoms with Gasteiger partial charge in [0.25, 0.3) is 6.43 Å². The van der Waals surface area contributed by atoms with Crippen LogP contribution in [0.1, 0.15) is 62.3 Å². The van der Waals surface area contributed by atoms with E-state index in [0.717, 1.165) is 0 Å². The zero-order chi connectivity index (χ0) is 21.7. The summed E-state index contributed by atoms with van der Waals surface area (Å²) < 4.78 is 38.4. The van der Waals surface area contributed by atoms with E-state index in [1.807, 2.05) is 46.9 Å². The predicted molar refractivity (Wildman–Crippen MR) is 103 cm³/mol. The van der Waals surface area contributed by atoms with E-state index in [-0.39, 0.29) is 16.6 Å². The lowest BCUT2D eigenvalue weighted by molar-refractivity contribution is -0.149. The number of alkyl carbamates (subject to hydrolysis) is 1. The Morgan fingerprint density at radius 3 is 1.63 bits per heavy atom. The first kappa shape index (κ1) is 25.8. The SMILES string of the molecule is CC(C)[Si](O[C@@H](C(=O)O)[C@@H](NC(=O)OC(C)(C)C)C(F)F)(C(C)C)C(C)C. The molecule has 6 nitrogen and oxygen atoms in total. The minimum atomic E-state index is -3.13. The summed E-state index contributed by atoms with van der Waals surface area (Å²) in [5, 5.41) is 11.6. The van der Waals surface area contributed by atoms with E-state index in [4.69, 9.17) is 9.16 Å². The van der Waals surface area contributed by atoms with Gasteiger partial charge in [0.15, 0.2) is 6.10 Å². The highest BCUT2D eigenvalue weighted by Gasteiger charge is 2.51. The maximum Gasteiger partial charge on any atom is 0.408 e. The molecule has 0 unspecified atom stereocenters. The molecule has 27 heavy (non-hydrogen) atoms. The lowest BCUT2D eigenvalue weighted by Gasteiger charge is -2.44. The van der Waals surface area contributed by atoms with Gasteiger partial charge in [0, 0.05) is 0 Å². The molecule has 0 aliphatic heterocycles. The van der Waals surface area contributed by atoms with Crippen LogP contribution < -0.4 is 5.32 Å². The highest BCUT2D eigenvalue weighted by molar-refractivity contribution is 6.77. The van der Waals surface area contributed by atoms with Gasteiger partial charge in [0.05, 0.1) is 0 Å². The van der Waals surface area contributed by atoms with Gasteiger partial charge >= 0.3 is 12.1 Å². The van der Waals surface area contributed by atoms with Gasteiger partial charge < -0.3 is 19.6 Å². The maximum atomic E-state index is 13.7. The number of hydrogen-bond donors (Lipinski definition) is 2. The van der Waals surface area contributed by atoms with Crippen LogP contribution in [0.3, 0.4) is 0 Å².